The van der Waals surface area contributed by atoms with Crippen molar-refractivity contribution >= 4 is 11.8 Å². The van der Waals surface area contributed by atoms with Crippen molar-refractivity contribution < 1.29 is 9.59 Å². The van der Waals surface area contributed by atoms with Gasteiger partial charge in [0.15, 0.2) is 0 Å². The first-order valence-electron chi connectivity index (χ1n) is 7.29. The Morgan fingerprint density at radius 2 is 1.79 bits per heavy atom. The Labute approximate surface area is 116 Å². The molecule has 2 N–H and O–H groups in total. The number of carbonyl (C=O) groups is 2. The van der Waals surface area contributed by atoms with E-state index in [-0.39, 0.29) is 24.4 Å². The first-order valence-corrected chi connectivity index (χ1v) is 7.29. The van der Waals surface area contributed by atoms with Gasteiger partial charge in [-0.15, -0.1) is 0 Å². The zero-order valence-electron chi connectivity index (χ0n) is 12.9. The maximum atomic E-state index is 11.9. The van der Waals surface area contributed by atoms with E-state index in [1.165, 1.54) is 12.8 Å². The van der Waals surface area contributed by atoms with Gasteiger partial charge in [0.25, 0.3) is 0 Å². The lowest BCUT2D eigenvalue weighted by molar-refractivity contribution is -0.131. The van der Waals surface area contributed by atoms with Crippen LogP contribution >= 0.6 is 0 Å². The van der Waals surface area contributed by atoms with Crippen molar-refractivity contribution in [2.24, 2.45) is 17.3 Å². The minimum Gasteiger partial charge on any atom is -0.352 e. The molecule has 2 amide bonds. The van der Waals surface area contributed by atoms with Gasteiger partial charge >= 0.3 is 0 Å². The molecule has 1 aliphatic carbocycles. The summed E-state index contributed by atoms with van der Waals surface area (Å²) in [6.07, 6.45) is 3.46. The average molecular weight is 268 g/mol. The summed E-state index contributed by atoms with van der Waals surface area (Å²) in [7, 11) is 0. The van der Waals surface area contributed by atoms with E-state index in [0.29, 0.717) is 11.8 Å². The summed E-state index contributed by atoms with van der Waals surface area (Å²) in [5.41, 5.74) is -0.451. The third kappa shape index (κ3) is 4.84. The molecule has 0 aromatic carbocycles. The van der Waals surface area contributed by atoms with Gasteiger partial charge in [0.05, 0.1) is 6.54 Å². The van der Waals surface area contributed by atoms with E-state index in [4.69, 9.17) is 0 Å². The molecule has 1 fully saturated rings. The van der Waals surface area contributed by atoms with E-state index >= 15 is 0 Å². The molecule has 0 radical (unpaired) electrons. The van der Waals surface area contributed by atoms with Crippen LogP contribution in [0.5, 0.6) is 0 Å². The van der Waals surface area contributed by atoms with Crippen molar-refractivity contribution in [3.8, 4) is 0 Å². The van der Waals surface area contributed by atoms with Crippen LogP contribution in [-0.2, 0) is 9.59 Å². The number of nitrogens with one attached hydrogen (secondary N) is 2. The second kappa shape index (κ2) is 6.40. The van der Waals surface area contributed by atoms with Gasteiger partial charge in [0.1, 0.15) is 0 Å². The Morgan fingerprint density at radius 3 is 2.37 bits per heavy atom. The highest BCUT2D eigenvalue weighted by atomic mass is 16.2. The zero-order valence-corrected chi connectivity index (χ0v) is 12.9. The summed E-state index contributed by atoms with van der Waals surface area (Å²) < 4.78 is 0. The van der Waals surface area contributed by atoms with Gasteiger partial charge in [-0.3, -0.25) is 9.59 Å². The Hall–Kier alpha value is -1.06. The zero-order chi connectivity index (χ0) is 14.6. The lowest BCUT2D eigenvalue weighted by Crippen LogP contribution is -2.48. The van der Waals surface area contributed by atoms with Gasteiger partial charge in [-0.25, -0.2) is 0 Å². The van der Waals surface area contributed by atoms with Crippen LogP contribution in [0.3, 0.4) is 0 Å². The quantitative estimate of drug-likeness (QED) is 0.823. The van der Waals surface area contributed by atoms with Crippen LogP contribution < -0.4 is 10.6 Å². The highest BCUT2D eigenvalue weighted by Crippen LogP contribution is 2.29. The van der Waals surface area contributed by atoms with Gasteiger partial charge in [-0.05, 0) is 18.3 Å². The standard InChI is InChI=1S/C15H28N2O2/c1-10-7-6-8-12(11(10)2)17-13(18)9-16-14(19)15(3,4)5/h10-12H,6-9H2,1-5H3,(H,16,19)(H,17,18)/t10-,11+,12-/m1/s1. The molecule has 0 bridgehead atoms. The molecule has 0 saturated heterocycles. The van der Waals surface area contributed by atoms with E-state index < -0.39 is 5.41 Å². The van der Waals surface area contributed by atoms with Crippen molar-refractivity contribution in [3.05, 3.63) is 0 Å². The van der Waals surface area contributed by atoms with Gasteiger partial charge < -0.3 is 10.6 Å². The van der Waals surface area contributed by atoms with Gasteiger partial charge in [0.2, 0.25) is 11.8 Å². The van der Waals surface area contributed by atoms with Crippen LogP contribution in [0.25, 0.3) is 0 Å². The van der Waals surface area contributed by atoms with Crippen molar-refractivity contribution in [2.75, 3.05) is 6.54 Å². The lowest BCUT2D eigenvalue weighted by Gasteiger charge is -2.34. The maximum absolute atomic E-state index is 11.9. The molecule has 0 unspecified atom stereocenters. The monoisotopic (exact) mass is 268 g/mol. The first-order chi connectivity index (χ1) is 8.71. The van der Waals surface area contributed by atoms with Crippen LogP contribution in [0.15, 0.2) is 0 Å². The number of amides is 2. The van der Waals surface area contributed by atoms with E-state index in [1.54, 1.807) is 0 Å². The second-order valence-electron chi connectivity index (χ2n) is 6.87. The summed E-state index contributed by atoms with van der Waals surface area (Å²) in [5.74, 6) is 0.996. The predicted octanol–water partition coefficient (Wildman–Crippen LogP) is 2.09. The van der Waals surface area contributed by atoms with E-state index in [0.717, 1.165) is 6.42 Å². The number of hydrogen-bond donors (Lipinski definition) is 2. The fourth-order valence-corrected chi connectivity index (χ4v) is 2.47. The third-order valence-corrected chi connectivity index (χ3v) is 4.14. The molecule has 110 valence electrons. The Bertz CT molecular complexity index is 334. The molecule has 0 heterocycles. The van der Waals surface area contributed by atoms with Gasteiger partial charge in [-0.2, -0.15) is 0 Å². The molecule has 0 aromatic rings. The van der Waals surface area contributed by atoms with Crippen LogP contribution in [0.4, 0.5) is 0 Å². The maximum Gasteiger partial charge on any atom is 0.239 e. The van der Waals surface area contributed by atoms with Gasteiger partial charge in [0, 0.05) is 11.5 Å². The van der Waals surface area contributed by atoms with Crippen LogP contribution in [0.2, 0.25) is 0 Å². The minimum absolute atomic E-state index is 0.0771. The average Bonchev–Trinajstić information content (AvgIpc) is 2.30. The summed E-state index contributed by atoms with van der Waals surface area (Å²) in [6, 6.07) is 0.253. The fourth-order valence-electron chi connectivity index (χ4n) is 2.47. The highest BCUT2D eigenvalue weighted by molar-refractivity contribution is 5.87. The molecule has 0 aromatic heterocycles. The highest BCUT2D eigenvalue weighted by Gasteiger charge is 2.28. The van der Waals surface area contributed by atoms with Crippen molar-refractivity contribution in [3.63, 3.8) is 0 Å². The van der Waals surface area contributed by atoms with Crippen molar-refractivity contribution in [1.82, 2.24) is 10.6 Å². The Balaban J connectivity index is 2.37. The van der Waals surface area contributed by atoms with Crippen molar-refractivity contribution in [1.29, 1.82) is 0 Å². The first kappa shape index (κ1) is 16.0. The number of carbonyl (C=O) groups excluding carboxylic acids is 2. The molecule has 1 saturated carbocycles. The van der Waals surface area contributed by atoms with E-state index in [2.05, 4.69) is 24.5 Å². The van der Waals surface area contributed by atoms with Gasteiger partial charge in [-0.1, -0.05) is 47.5 Å². The van der Waals surface area contributed by atoms with Crippen LogP contribution in [0.1, 0.15) is 53.9 Å². The SMILES string of the molecule is C[C@H]1[C@H](C)CCC[C@H]1NC(=O)CNC(=O)C(C)(C)C. The molecule has 0 spiro atoms. The third-order valence-electron chi connectivity index (χ3n) is 4.14. The normalized spacial score (nSPS) is 27.7. The fraction of sp³-hybridized carbons (Fsp3) is 0.867. The largest absolute Gasteiger partial charge is 0.352 e. The molecule has 1 rings (SSSR count). The molecule has 3 atom stereocenters. The Kier molecular flexibility index (Phi) is 5.39. The molecule has 19 heavy (non-hydrogen) atoms. The van der Waals surface area contributed by atoms with E-state index in [1.807, 2.05) is 20.8 Å². The Morgan fingerprint density at radius 1 is 1.16 bits per heavy atom. The molecule has 4 nitrogen and oxygen atoms in total. The second-order valence-corrected chi connectivity index (χ2v) is 6.87. The smallest absolute Gasteiger partial charge is 0.239 e. The molecule has 1 aliphatic rings. The van der Waals surface area contributed by atoms with E-state index in [9.17, 15) is 9.59 Å². The topological polar surface area (TPSA) is 58.2 Å². The summed E-state index contributed by atoms with van der Waals surface area (Å²) in [5, 5.41) is 5.74. The van der Waals surface area contributed by atoms with Crippen LogP contribution in [-0.4, -0.2) is 24.4 Å². The minimum atomic E-state index is -0.451. The predicted molar refractivity (Wildman–Crippen MR) is 76.6 cm³/mol. The van der Waals surface area contributed by atoms with Crippen LogP contribution in [0, 0.1) is 17.3 Å². The molecule has 4 heteroatoms. The number of rotatable bonds is 3. The lowest BCUT2D eigenvalue weighted by atomic mass is 9.78. The molecule has 0 aliphatic heterocycles. The van der Waals surface area contributed by atoms with Crippen molar-refractivity contribution in [2.45, 2.75) is 59.9 Å². The molecular formula is C15H28N2O2. The summed E-state index contributed by atoms with van der Waals surface area (Å²) >= 11 is 0. The summed E-state index contributed by atoms with van der Waals surface area (Å²) in [4.78, 5) is 23.6. The number of hydrogen-bond acceptors (Lipinski definition) is 2. The summed E-state index contributed by atoms with van der Waals surface area (Å²) in [6.45, 7) is 10.0. The molecular weight excluding hydrogens is 240 g/mol.